The van der Waals surface area contributed by atoms with E-state index in [-0.39, 0.29) is 29.8 Å². The third kappa shape index (κ3) is 8.63. The molecule has 1 amide bonds. The summed E-state index contributed by atoms with van der Waals surface area (Å²) in [5.74, 6) is 0.466. The van der Waals surface area contributed by atoms with E-state index in [1.807, 2.05) is 24.3 Å². The number of phenols is 1. The van der Waals surface area contributed by atoms with Crippen LogP contribution in [0.15, 0.2) is 53.6 Å². The Hall–Kier alpha value is -2.73. The Bertz CT molecular complexity index is 1300. The second-order valence-electron chi connectivity index (χ2n) is 11.6. The molecule has 39 heavy (non-hydrogen) atoms. The average molecular weight is 590 g/mol. The van der Waals surface area contributed by atoms with Gasteiger partial charge in [0, 0.05) is 11.4 Å². The molecule has 0 aliphatic carbocycles. The standard InChI is InChI=1S/C31H35Cl3N2O3/c1-30(2,3)23-13-20(14-24(28(23)38)31(4,5)6)9-12-27(37)36-35-17-21-15-25(33)29(26(34)16-21)39-18-19-7-10-22(32)11-8-19/h7-8,10-11,13-17,38H,9,12,18H2,1-6H3,(H,36,37)/b35-17-. The van der Waals surface area contributed by atoms with E-state index in [1.54, 1.807) is 24.3 Å². The number of nitrogens with one attached hydrogen (secondary N) is 1. The summed E-state index contributed by atoms with van der Waals surface area (Å²) >= 11 is 18.7. The van der Waals surface area contributed by atoms with Crippen molar-refractivity contribution >= 4 is 46.9 Å². The highest BCUT2D eigenvalue weighted by Gasteiger charge is 2.26. The molecule has 0 aliphatic rings. The van der Waals surface area contributed by atoms with Gasteiger partial charge in [0.15, 0.2) is 5.75 Å². The van der Waals surface area contributed by atoms with Gasteiger partial charge in [-0.3, -0.25) is 4.79 Å². The first kappa shape index (κ1) is 30.8. The number of carbonyl (C=O) groups is 1. The largest absolute Gasteiger partial charge is 0.507 e. The molecule has 3 rings (SSSR count). The molecule has 0 atom stereocenters. The van der Waals surface area contributed by atoms with E-state index < -0.39 is 0 Å². The number of amides is 1. The van der Waals surface area contributed by atoms with Crippen LogP contribution in [0.2, 0.25) is 15.1 Å². The van der Waals surface area contributed by atoms with Crippen LogP contribution in [0, 0.1) is 0 Å². The lowest BCUT2D eigenvalue weighted by atomic mass is 9.78. The highest BCUT2D eigenvalue weighted by atomic mass is 35.5. The van der Waals surface area contributed by atoms with Gasteiger partial charge in [-0.1, -0.05) is 101 Å². The van der Waals surface area contributed by atoms with Crippen LogP contribution in [0.25, 0.3) is 0 Å². The molecule has 3 aromatic carbocycles. The van der Waals surface area contributed by atoms with Gasteiger partial charge in [-0.2, -0.15) is 5.10 Å². The maximum Gasteiger partial charge on any atom is 0.240 e. The molecular formula is C31H35Cl3N2O3. The van der Waals surface area contributed by atoms with Crippen molar-refractivity contribution in [1.29, 1.82) is 0 Å². The van der Waals surface area contributed by atoms with E-state index in [0.29, 0.717) is 38.6 Å². The van der Waals surface area contributed by atoms with Crippen molar-refractivity contribution in [3.63, 3.8) is 0 Å². The Morgan fingerprint density at radius 1 is 0.897 bits per heavy atom. The Morgan fingerprint density at radius 3 is 1.95 bits per heavy atom. The van der Waals surface area contributed by atoms with Gasteiger partial charge in [0.05, 0.1) is 16.3 Å². The SMILES string of the molecule is CC(C)(C)c1cc(CCC(=O)N/N=C\c2cc(Cl)c(OCc3ccc(Cl)cc3)c(Cl)c2)cc(C(C)(C)C)c1O. The van der Waals surface area contributed by atoms with Crippen LogP contribution in [-0.2, 0) is 28.7 Å². The lowest BCUT2D eigenvalue weighted by molar-refractivity contribution is -0.121. The molecule has 208 valence electrons. The first-order valence-corrected chi connectivity index (χ1v) is 13.8. The molecule has 0 unspecified atom stereocenters. The summed E-state index contributed by atoms with van der Waals surface area (Å²) < 4.78 is 5.79. The van der Waals surface area contributed by atoms with Crippen molar-refractivity contribution in [2.24, 2.45) is 5.10 Å². The number of ether oxygens (including phenoxy) is 1. The lowest BCUT2D eigenvalue weighted by Gasteiger charge is -2.28. The smallest absolute Gasteiger partial charge is 0.240 e. The molecule has 0 fully saturated rings. The van der Waals surface area contributed by atoms with Crippen LogP contribution in [0.3, 0.4) is 0 Å². The number of rotatable bonds is 8. The number of halogens is 3. The van der Waals surface area contributed by atoms with Crippen LogP contribution in [0.5, 0.6) is 11.5 Å². The van der Waals surface area contributed by atoms with Gasteiger partial charge in [-0.15, -0.1) is 0 Å². The summed E-state index contributed by atoms with van der Waals surface area (Å²) in [7, 11) is 0. The third-order valence-corrected chi connectivity index (χ3v) is 6.96. The number of benzene rings is 3. The lowest BCUT2D eigenvalue weighted by Crippen LogP contribution is -2.20. The number of aryl methyl sites for hydroxylation is 1. The number of phenolic OH excluding ortho intramolecular Hbond substituents is 1. The fourth-order valence-electron chi connectivity index (χ4n) is 4.00. The number of hydrazone groups is 1. The highest BCUT2D eigenvalue weighted by Crippen LogP contribution is 2.40. The minimum atomic E-state index is -0.231. The molecule has 0 aliphatic heterocycles. The van der Waals surface area contributed by atoms with Crippen LogP contribution >= 0.6 is 34.8 Å². The third-order valence-electron chi connectivity index (χ3n) is 6.15. The molecule has 5 nitrogen and oxygen atoms in total. The Kier molecular flexibility index (Phi) is 9.98. The second kappa shape index (κ2) is 12.6. The highest BCUT2D eigenvalue weighted by molar-refractivity contribution is 6.37. The van der Waals surface area contributed by atoms with E-state index in [2.05, 4.69) is 52.1 Å². The number of aromatic hydroxyl groups is 1. The normalized spacial score (nSPS) is 12.1. The molecule has 0 saturated heterocycles. The molecule has 0 radical (unpaired) electrons. The van der Waals surface area contributed by atoms with E-state index >= 15 is 0 Å². The number of hydrogen-bond acceptors (Lipinski definition) is 4. The van der Waals surface area contributed by atoms with Crippen LogP contribution in [0.1, 0.15) is 75.8 Å². The van der Waals surface area contributed by atoms with Crippen molar-refractivity contribution < 1.29 is 14.6 Å². The molecule has 0 spiro atoms. The topological polar surface area (TPSA) is 70.9 Å². The zero-order valence-electron chi connectivity index (χ0n) is 23.2. The molecule has 8 heteroatoms. The summed E-state index contributed by atoms with van der Waals surface area (Å²) in [4.78, 5) is 12.5. The summed E-state index contributed by atoms with van der Waals surface area (Å²) in [6.45, 7) is 12.7. The molecule has 2 N–H and O–H groups in total. The first-order chi connectivity index (χ1) is 18.1. The Balaban J connectivity index is 1.62. The van der Waals surface area contributed by atoms with Crippen molar-refractivity contribution in [2.45, 2.75) is 71.8 Å². The quantitative estimate of drug-likeness (QED) is 0.204. The molecular weight excluding hydrogens is 555 g/mol. The zero-order chi connectivity index (χ0) is 29.0. The minimum absolute atomic E-state index is 0.228. The van der Waals surface area contributed by atoms with Gasteiger partial charge in [-0.05, 0) is 69.3 Å². The molecule has 0 aromatic heterocycles. The summed E-state index contributed by atoms with van der Waals surface area (Å²) in [5, 5.41) is 16.3. The zero-order valence-corrected chi connectivity index (χ0v) is 25.4. The van der Waals surface area contributed by atoms with Gasteiger partial charge in [0.25, 0.3) is 0 Å². The predicted molar refractivity (Wildman–Crippen MR) is 162 cm³/mol. The number of carbonyl (C=O) groups excluding carboxylic acids is 1. The fraction of sp³-hybridized carbons (Fsp3) is 0.355. The van der Waals surface area contributed by atoms with Gasteiger partial charge in [-0.25, -0.2) is 5.43 Å². The fourth-order valence-corrected chi connectivity index (χ4v) is 4.74. The van der Waals surface area contributed by atoms with Crippen molar-refractivity contribution in [2.75, 3.05) is 0 Å². The maximum absolute atomic E-state index is 12.5. The van der Waals surface area contributed by atoms with Gasteiger partial charge >= 0.3 is 0 Å². The molecule has 0 saturated carbocycles. The van der Waals surface area contributed by atoms with Gasteiger partial charge in [0.2, 0.25) is 5.91 Å². The maximum atomic E-state index is 12.5. The van der Waals surface area contributed by atoms with Crippen molar-refractivity contribution in [1.82, 2.24) is 5.43 Å². The van der Waals surface area contributed by atoms with Gasteiger partial charge < -0.3 is 9.84 Å². The number of hydrogen-bond donors (Lipinski definition) is 2. The summed E-state index contributed by atoms with van der Waals surface area (Å²) in [6, 6.07) is 14.6. The van der Waals surface area contributed by atoms with E-state index in [9.17, 15) is 9.90 Å². The van der Waals surface area contributed by atoms with Crippen LogP contribution in [-0.4, -0.2) is 17.2 Å². The molecule has 0 heterocycles. The van der Waals surface area contributed by atoms with Crippen LogP contribution in [0.4, 0.5) is 0 Å². The Morgan fingerprint density at radius 2 is 1.44 bits per heavy atom. The average Bonchev–Trinajstić information content (AvgIpc) is 2.82. The van der Waals surface area contributed by atoms with Crippen molar-refractivity contribution in [3.8, 4) is 11.5 Å². The van der Waals surface area contributed by atoms with E-state index in [1.165, 1.54) is 6.21 Å². The van der Waals surface area contributed by atoms with Crippen molar-refractivity contribution in [3.05, 3.63) is 91.4 Å². The first-order valence-electron chi connectivity index (χ1n) is 12.7. The van der Waals surface area contributed by atoms with E-state index in [4.69, 9.17) is 39.5 Å². The molecule has 3 aromatic rings. The number of nitrogens with zero attached hydrogens (tertiary/aromatic N) is 1. The van der Waals surface area contributed by atoms with Gasteiger partial charge in [0.1, 0.15) is 12.4 Å². The monoisotopic (exact) mass is 588 g/mol. The summed E-state index contributed by atoms with van der Waals surface area (Å²) in [6.07, 6.45) is 2.24. The second-order valence-corrected chi connectivity index (χ2v) is 12.8. The predicted octanol–water partition coefficient (Wildman–Crippen LogP) is 8.61. The van der Waals surface area contributed by atoms with E-state index in [0.717, 1.165) is 22.3 Å². The summed E-state index contributed by atoms with van der Waals surface area (Å²) in [5.41, 5.74) is 6.38. The Labute approximate surface area is 246 Å². The van der Waals surface area contributed by atoms with Crippen LogP contribution < -0.4 is 10.2 Å². The minimum Gasteiger partial charge on any atom is -0.507 e. The molecule has 0 bridgehead atoms.